The second kappa shape index (κ2) is 2.75. The van der Waals surface area contributed by atoms with E-state index in [1.807, 2.05) is 0 Å². The van der Waals surface area contributed by atoms with Crippen LogP contribution in [-0.2, 0) is 0 Å². The number of thiazole rings is 1. The highest BCUT2D eigenvalue weighted by Crippen LogP contribution is 2.17. The minimum atomic E-state index is -0.266. The zero-order valence-corrected chi connectivity index (χ0v) is 7.53. The maximum atomic E-state index is 7.52. The maximum Gasteiger partial charge on any atom is 0.195 e. The molecule has 0 fully saturated rings. The lowest BCUT2D eigenvalue weighted by atomic mass is 10.9. The Hall–Kier alpha value is -0.680. The van der Waals surface area contributed by atoms with Crippen LogP contribution >= 0.6 is 27.3 Å². The Balaban J connectivity index is 2.63. The van der Waals surface area contributed by atoms with Crippen LogP contribution in [0, 0.1) is 0 Å². The number of nitrogens with zero attached hydrogens (tertiary/aromatic N) is 3. The third-order valence-corrected chi connectivity index (χ3v) is 2.37. The van der Waals surface area contributed by atoms with Crippen LogP contribution in [0.5, 0.6) is 0 Å². The highest BCUT2D eigenvalue weighted by atomic mass is 79.9. The third kappa shape index (κ3) is 1.34. The van der Waals surface area contributed by atoms with Gasteiger partial charge in [0.2, 0.25) is 0 Å². The van der Waals surface area contributed by atoms with Crippen molar-refractivity contribution in [2.75, 3.05) is 0 Å². The first-order valence-electron chi connectivity index (χ1n) is 4.66. The minimum Gasteiger partial charge on any atom is -0.282 e. The lowest BCUT2D eigenvalue weighted by Crippen LogP contribution is -1.86. The molecule has 0 aliphatic heterocycles. The lowest BCUT2D eigenvalue weighted by Gasteiger charge is -1.90. The van der Waals surface area contributed by atoms with Crippen LogP contribution in [0.15, 0.2) is 28.6 Å². The minimum absolute atomic E-state index is 0.193. The fourth-order valence-corrected chi connectivity index (χ4v) is 1.64. The van der Waals surface area contributed by atoms with Crippen molar-refractivity contribution in [3.05, 3.63) is 28.6 Å². The van der Waals surface area contributed by atoms with Crippen molar-refractivity contribution in [2.24, 2.45) is 0 Å². The molecule has 0 atom stereocenters. The van der Waals surface area contributed by atoms with Gasteiger partial charge in [-0.25, -0.2) is 9.97 Å². The van der Waals surface area contributed by atoms with Crippen molar-refractivity contribution < 1.29 is 5.48 Å². The molecule has 11 heavy (non-hydrogen) atoms. The molecular formula is C6H4BrN3S. The Morgan fingerprint density at radius 2 is 2.64 bits per heavy atom. The molecule has 2 rings (SSSR count). The van der Waals surface area contributed by atoms with Crippen molar-refractivity contribution in [1.29, 1.82) is 0 Å². The summed E-state index contributed by atoms with van der Waals surface area (Å²) in [5.74, 6) is 0. The standard InChI is InChI=1S/C6H4BrN3S/c7-5-3-11-6(9-5)10-2-1-8-4-10/h1-4H/i1D,2D,3D,4D. The average Bonchev–Trinajstić information content (AvgIpc) is 2.57. The second-order valence-electron chi connectivity index (χ2n) is 1.66. The summed E-state index contributed by atoms with van der Waals surface area (Å²) in [6.07, 6.45) is -0.676. The fourth-order valence-electron chi connectivity index (χ4n) is 0.579. The quantitative estimate of drug-likeness (QED) is 0.756. The zero-order chi connectivity index (χ0) is 11.2. The topological polar surface area (TPSA) is 30.7 Å². The van der Waals surface area contributed by atoms with E-state index in [0.717, 1.165) is 15.9 Å². The number of aromatic nitrogens is 3. The molecule has 0 amide bonds. The Kier molecular flexibility index (Phi) is 0.954. The maximum absolute atomic E-state index is 7.52. The molecule has 0 radical (unpaired) electrons. The molecule has 2 aromatic rings. The molecule has 0 aromatic carbocycles. The van der Waals surface area contributed by atoms with Crippen LogP contribution in [0.4, 0.5) is 0 Å². The Labute approximate surface area is 81.5 Å². The summed E-state index contributed by atoms with van der Waals surface area (Å²) in [7, 11) is 0. The predicted octanol–water partition coefficient (Wildman–Crippen LogP) is 2.09. The van der Waals surface area contributed by atoms with Gasteiger partial charge in [0.25, 0.3) is 0 Å². The largest absolute Gasteiger partial charge is 0.282 e. The number of hydrogen-bond donors (Lipinski definition) is 0. The zero-order valence-electron chi connectivity index (χ0n) is 9.13. The van der Waals surface area contributed by atoms with Gasteiger partial charge in [-0.1, -0.05) is 0 Å². The van der Waals surface area contributed by atoms with Crippen LogP contribution in [0.25, 0.3) is 5.13 Å². The molecular weight excluding hydrogens is 226 g/mol. The van der Waals surface area contributed by atoms with Crippen molar-refractivity contribution in [1.82, 2.24) is 14.5 Å². The van der Waals surface area contributed by atoms with E-state index in [9.17, 15) is 0 Å². The summed E-state index contributed by atoms with van der Waals surface area (Å²) in [4.78, 5) is 7.49. The van der Waals surface area contributed by atoms with Crippen molar-refractivity contribution >= 4 is 27.3 Å². The number of halogens is 1. The van der Waals surface area contributed by atoms with Crippen LogP contribution in [0.2, 0.25) is 0 Å². The molecule has 0 aliphatic rings. The molecule has 0 unspecified atom stereocenters. The van der Waals surface area contributed by atoms with E-state index in [0.29, 0.717) is 9.73 Å². The van der Waals surface area contributed by atoms with Crippen LogP contribution in [0.3, 0.4) is 0 Å². The van der Waals surface area contributed by atoms with Crippen molar-refractivity contribution in [2.45, 2.75) is 0 Å². The summed E-state index contributed by atoms with van der Waals surface area (Å²) >= 11 is 4.10. The van der Waals surface area contributed by atoms with Gasteiger partial charge in [0, 0.05) is 17.7 Å². The first kappa shape index (κ1) is 3.82. The summed E-state index contributed by atoms with van der Waals surface area (Å²) in [5, 5.41) is 0.511. The Morgan fingerprint density at radius 1 is 1.73 bits per heavy atom. The molecule has 0 aliphatic carbocycles. The summed E-state index contributed by atoms with van der Waals surface area (Å²) in [5.41, 5.74) is 0. The second-order valence-corrected chi connectivity index (χ2v) is 3.18. The van der Waals surface area contributed by atoms with Gasteiger partial charge in [0.15, 0.2) is 5.13 Å². The van der Waals surface area contributed by atoms with E-state index in [1.165, 1.54) is 0 Å². The van der Waals surface area contributed by atoms with Gasteiger partial charge in [0.05, 0.1) is 4.11 Å². The molecule has 2 aromatic heterocycles. The third-order valence-electron chi connectivity index (χ3n) is 0.979. The van der Waals surface area contributed by atoms with E-state index >= 15 is 0 Å². The van der Waals surface area contributed by atoms with Gasteiger partial charge in [-0.3, -0.25) is 4.57 Å². The fraction of sp³-hybridized carbons (Fsp3) is 0. The summed E-state index contributed by atoms with van der Waals surface area (Å²) in [6.45, 7) is 0. The van der Waals surface area contributed by atoms with E-state index in [1.54, 1.807) is 0 Å². The van der Waals surface area contributed by atoms with Crippen molar-refractivity contribution in [3.8, 4) is 5.13 Å². The molecule has 3 nitrogen and oxygen atoms in total. The Bertz CT molecular complexity index is 503. The first-order valence-corrected chi connectivity index (χ1v) is 4.27. The normalized spacial score (nSPS) is 15.4. The highest BCUT2D eigenvalue weighted by Gasteiger charge is 1.99. The van der Waals surface area contributed by atoms with Crippen LogP contribution in [0.1, 0.15) is 5.48 Å². The molecule has 5 heteroatoms. The lowest BCUT2D eigenvalue weighted by molar-refractivity contribution is 1.03. The van der Waals surface area contributed by atoms with E-state index in [2.05, 4.69) is 25.9 Å². The van der Waals surface area contributed by atoms with Crippen LogP contribution in [-0.4, -0.2) is 14.5 Å². The molecule has 0 N–H and O–H groups in total. The number of hydrogen-bond acceptors (Lipinski definition) is 3. The molecule has 0 spiro atoms. The molecule has 2 heterocycles. The predicted molar refractivity (Wildman–Crippen MR) is 46.9 cm³/mol. The van der Waals surface area contributed by atoms with E-state index in [4.69, 9.17) is 5.48 Å². The Morgan fingerprint density at radius 3 is 3.18 bits per heavy atom. The summed E-state index contributed by atoms with van der Waals surface area (Å²) < 4.78 is 31.2. The smallest absolute Gasteiger partial charge is 0.195 e. The van der Waals surface area contributed by atoms with Gasteiger partial charge in [-0.15, -0.1) is 11.3 Å². The number of rotatable bonds is 1. The number of imidazole rings is 1. The van der Waals surface area contributed by atoms with E-state index in [-0.39, 0.29) is 24.0 Å². The summed E-state index contributed by atoms with van der Waals surface area (Å²) in [6, 6.07) is 0. The molecule has 0 saturated heterocycles. The van der Waals surface area contributed by atoms with Gasteiger partial charge >= 0.3 is 0 Å². The SMILES string of the molecule is [2H]c1nc([2H])n(-c2nc(Br)c([2H])s2)c1[2H]. The highest BCUT2D eigenvalue weighted by molar-refractivity contribution is 9.10. The van der Waals surface area contributed by atoms with Crippen LogP contribution < -0.4 is 0 Å². The van der Waals surface area contributed by atoms with Crippen molar-refractivity contribution in [3.63, 3.8) is 0 Å². The first-order chi connectivity index (χ1) is 7.00. The monoisotopic (exact) mass is 233 g/mol. The van der Waals surface area contributed by atoms with E-state index < -0.39 is 0 Å². The van der Waals surface area contributed by atoms with Gasteiger partial charge < -0.3 is 0 Å². The molecule has 0 bridgehead atoms. The van der Waals surface area contributed by atoms with Gasteiger partial charge in [0.1, 0.15) is 12.3 Å². The average molecular weight is 234 g/mol. The van der Waals surface area contributed by atoms with Gasteiger partial charge in [-0.2, -0.15) is 0 Å². The molecule has 56 valence electrons. The molecule has 0 saturated carbocycles. The van der Waals surface area contributed by atoms with Gasteiger partial charge in [-0.05, 0) is 15.9 Å².